The molecule has 7 heteroatoms. The summed E-state index contributed by atoms with van der Waals surface area (Å²) in [5.74, 6) is -0.157. The van der Waals surface area contributed by atoms with Gasteiger partial charge in [0.05, 0.1) is 16.8 Å². The monoisotopic (exact) mass is 418 g/mol. The number of hydrogen-bond donors (Lipinski definition) is 1. The highest BCUT2D eigenvalue weighted by molar-refractivity contribution is 6.36. The highest BCUT2D eigenvalue weighted by atomic mass is 35.5. The lowest BCUT2D eigenvalue weighted by Crippen LogP contribution is -2.28. The van der Waals surface area contributed by atoms with E-state index in [1.165, 1.54) is 18.6 Å². The van der Waals surface area contributed by atoms with Crippen molar-refractivity contribution in [1.29, 1.82) is 0 Å². The smallest absolute Gasteiger partial charge is 0.345 e. The maximum absolute atomic E-state index is 12.2. The summed E-state index contributed by atoms with van der Waals surface area (Å²) in [6.07, 6.45) is 6.82. The predicted octanol–water partition coefficient (Wildman–Crippen LogP) is 5.24. The summed E-state index contributed by atoms with van der Waals surface area (Å²) in [6.45, 7) is 0. The van der Waals surface area contributed by atoms with E-state index in [1.54, 1.807) is 36.5 Å². The number of ether oxygens (including phenoxy) is 1. The first-order chi connectivity index (χ1) is 13.5. The number of halogens is 2. The molecule has 146 valence electrons. The Morgan fingerprint density at radius 1 is 1.04 bits per heavy atom. The highest BCUT2D eigenvalue weighted by Crippen LogP contribution is 2.24. The molecule has 5 nitrogen and oxygen atoms in total. The van der Waals surface area contributed by atoms with Gasteiger partial charge in [-0.15, -0.1) is 0 Å². The zero-order chi connectivity index (χ0) is 19.9. The van der Waals surface area contributed by atoms with Gasteiger partial charge in [-0.2, -0.15) is 5.10 Å². The topological polar surface area (TPSA) is 67.8 Å². The molecule has 1 N–H and O–H groups in total. The molecule has 28 heavy (non-hydrogen) atoms. The van der Waals surface area contributed by atoms with Gasteiger partial charge < -0.3 is 4.74 Å². The van der Waals surface area contributed by atoms with Crippen molar-refractivity contribution >= 4 is 41.3 Å². The third-order valence-electron chi connectivity index (χ3n) is 4.61. The largest absolute Gasteiger partial charge is 0.423 e. The van der Waals surface area contributed by atoms with E-state index in [-0.39, 0.29) is 22.4 Å². The average molecular weight is 419 g/mol. The van der Waals surface area contributed by atoms with E-state index in [1.807, 2.05) is 0 Å². The Balaban J connectivity index is 1.54. The molecule has 0 aromatic heterocycles. The number of rotatable bonds is 5. The number of esters is 1. The Labute approximate surface area is 173 Å². The van der Waals surface area contributed by atoms with Crippen LogP contribution in [0.5, 0.6) is 5.75 Å². The van der Waals surface area contributed by atoms with Crippen molar-refractivity contribution in [3.8, 4) is 5.75 Å². The van der Waals surface area contributed by atoms with E-state index in [2.05, 4.69) is 10.5 Å². The first-order valence-electron chi connectivity index (χ1n) is 9.13. The summed E-state index contributed by atoms with van der Waals surface area (Å²) in [7, 11) is 0. The second-order valence-corrected chi connectivity index (χ2v) is 7.50. The lowest BCUT2D eigenvalue weighted by atomic mass is 9.89. The molecule has 0 saturated heterocycles. The lowest BCUT2D eigenvalue weighted by Gasteiger charge is -2.19. The summed E-state index contributed by atoms with van der Waals surface area (Å²) in [6, 6.07) is 11.3. The Hall–Kier alpha value is -2.37. The van der Waals surface area contributed by atoms with Crippen molar-refractivity contribution in [1.82, 2.24) is 5.43 Å². The Morgan fingerprint density at radius 3 is 2.43 bits per heavy atom. The standard InChI is InChI=1S/C21H20Cl2N2O3/c22-16-8-11-18(19(23)12-16)21(27)28-17-9-6-14(7-10-17)13-24-25-20(26)15-4-2-1-3-5-15/h6-13,15H,1-5H2,(H,25,26)/b24-13+. The van der Waals surface area contributed by atoms with E-state index in [4.69, 9.17) is 27.9 Å². The van der Waals surface area contributed by atoms with Crippen LogP contribution in [0.1, 0.15) is 48.0 Å². The van der Waals surface area contributed by atoms with Crippen molar-refractivity contribution in [3.05, 3.63) is 63.6 Å². The van der Waals surface area contributed by atoms with Crippen LogP contribution in [0, 0.1) is 5.92 Å². The number of carbonyl (C=O) groups is 2. The quantitative estimate of drug-likeness (QED) is 0.312. The average Bonchev–Trinajstić information content (AvgIpc) is 2.69. The SMILES string of the molecule is O=C(Oc1ccc(/C=N/NC(=O)C2CCCCC2)cc1)c1ccc(Cl)cc1Cl. The van der Waals surface area contributed by atoms with Gasteiger partial charge >= 0.3 is 5.97 Å². The molecule has 0 radical (unpaired) electrons. The van der Waals surface area contributed by atoms with Gasteiger partial charge in [-0.3, -0.25) is 4.79 Å². The number of nitrogens with one attached hydrogen (secondary N) is 1. The van der Waals surface area contributed by atoms with Crippen LogP contribution in [-0.4, -0.2) is 18.1 Å². The molecule has 3 rings (SSSR count). The molecule has 1 aliphatic rings. The van der Waals surface area contributed by atoms with Gasteiger partial charge in [0.15, 0.2) is 0 Å². The first kappa shape index (κ1) is 20.4. The number of nitrogens with zero attached hydrogens (tertiary/aromatic N) is 1. The van der Waals surface area contributed by atoms with Gasteiger partial charge in [-0.1, -0.05) is 42.5 Å². The molecule has 0 spiro atoms. The molecular formula is C21H20Cl2N2O3. The minimum atomic E-state index is -0.567. The Bertz CT molecular complexity index is 876. The normalized spacial score (nSPS) is 14.8. The third-order valence-corrected chi connectivity index (χ3v) is 5.15. The van der Waals surface area contributed by atoms with Gasteiger partial charge in [0.2, 0.25) is 5.91 Å². The van der Waals surface area contributed by atoms with Gasteiger partial charge in [0.25, 0.3) is 0 Å². The van der Waals surface area contributed by atoms with Crippen LogP contribution in [-0.2, 0) is 4.79 Å². The molecule has 2 aromatic rings. The van der Waals surface area contributed by atoms with E-state index in [0.717, 1.165) is 31.2 Å². The lowest BCUT2D eigenvalue weighted by molar-refractivity contribution is -0.125. The summed E-state index contributed by atoms with van der Waals surface area (Å²) in [5, 5.41) is 4.69. The zero-order valence-corrected chi connectivity index (χ0v) is 16.7. The predicted molar refractivity (Wildman–Crippen MR) is 110 cm³/mol. The molecule has 0 bridgehead atoms. The fourth-order valence-corrected chi connectivity index (χ4v) is 3.55. The van der Waals surface area contributed by atoms with E-state index in [9.17, 15) is 9.59 Å². The molecule has 0 heterocycles. The minimum absolute atomic E-state index is 0.0265. The molecule has 1 amide bonds. The third kappa shape index (κ3) is 5.57. The second-order valence-electron chi connectivity index (χ2n) is 6.65. The fourth-order valence-electron chi connectivity index (χ4n) is 3.07. The molecule has 1 fully saturated rings. The Morgan fingerprint density at radius 2 is 1.75 bits per heavy atom. The first-order valence-corrected chi connectivity index (χ1v) is 9.89. The van der Waals surface area contributed by atoms with Gasteiger partial charge in [-0.05, 0) is 60.9 Å². The van der Waals surface area contributed by atoms with Crippen LogP contribution in [0.2, 0.25) is 10.0 Å². The van der Waals surface area contributed by atoms with Crippen LogP contribution in [0.3, 0.4) is 0 Å². The highest BCUT2D eigenvalue weighted by Gasteiger charge is 2.20. The molecular weight excluding hydrogens is 399 g/mol. The molecule has 1 aliphatic carbocycles. The van der Waals surface area contributed by atoms with Crippen molar-refractivity contribution < 1.29 is 14.3 Å². The van der Waals surface area contributed by atoms with E-state index in [0.29, 0.717) is 10.8 Å². The maximum Gasteiger partial charge on any atom is 0.345 e. The second kappa shape index (κ2) is 9.71. The van der Waals surface area contributed by atoms with Crippen molar-refractivity contribution in [2.45, 2.75) is 32.1 Å². The van der Waals surface area contributed by atoms with Crippen molar-refractivity contribution in [3.63, 3.8) is 0 Å². The van der Waals surface area contributed by atoms with Gasteiger partial charge in [0, 0.05) is 10.9 Å². The molecule has 2 aromatic carbocycles. The van der Waals surface area contributed by atoms with Gasteiger partial charge in [-0.25, -0.2) is 10.2 Å². The maximum atomic E-state index is 12.2. The van der Waals surface area contributed by atoms with Crippen LogP contribution in [0.25, 0.3) is 0 Å². The van der Waals surface area contributed by atoms with E-state index >= 15 is 0 Å². The van der Waals surface area contributed by atoms with Crippen molar-refractivity contribution in [2.24, 2.45) is 11.0 Å². The van der Waals surface area contributed by atoms with E-state index < -0.39 is 5.97 Å². The zero-order valence-electron chi connectivity index (χ0n) is 15.2. The fraction of sp³-hybridized carbons (Fsp3) is 0.286. The molecule has 1 saturated carbocycles. The van der Waals surface area contributed by atoms with Gasteiger partial charge in [0.1, 0.15) is 5.75 Å². The number of hydrogen-bond acceptors (Lipinski definition) is 4. The number of amides is 1. The Kier molecular flexibility index (Phi) is 7.06. The number of hydrazone groups is 1. The van der Waals surface area contributed by atoms with Crippen LogP contribution in [0.15, 0.2) is 47.6 Å². The summed E-state index contributed by atoms with van der Waals surface area (Å²) in [5.41, 5.74) is 3.61. The molecule has 0 atom stereocenters. The van der Waals surface area contributed by atoms with Crippen molar-refractivity contribution in [2.75, 3.05) is 0 Å². The number of carbonyl (C=O) groups excluding carboxylic acids is 2. The van der Waals surface area contributed by atoms with Crippen LogP contribution in [0.4, 0.5) is 0 Å². The van der Waals surface area contributed by atoms with Crippen LogP contribution >= 0.6 is 23.2 Å². The minimum Gasteiger partial charge on any atom is -0.423 e. The summed E-state index contributed by atoms with van der Waals surface area (Å²) < 4.78 is 5.32. The summed E-state index contributed by atoms with van der Waals surface area (Å²) >= 11 is 11.8. The molecule has 0 aliphatic heterocycles. The van der Waals surface area contributed by atoms with Crippen LogP contribution < -0.4 is 10.2 Å². The number of benzene rings is 2. The summed E-state index contributed by atoms with van der Waals surface area (Å²) in [4.78, 5) is 24.3. The molecule has 0 unspecified atom stereocenters.